The molecule has 1 fully saturated rings. The first-order valence-electron chi connectivity index (χ1n) is 16.3. The molecule has 2 aromatic carbocycles. The van der Waals surface area contributed by atoms with Gasteiger partial charge in [0.05, 0.1) is 30.9 Å². The van der Waals surface area contributed by atoms with Gasteiger partial charge in [0.2, 0.25) is 5.91 Å². The van der Waals surface area contributed by atoms with Gasteiger partial charge in [0.15, 0.2) is 0 Å². The summed E-state index contributed by atoms with van der Waals surface area (Å²) in [5.41, 5.74) is 1.47. The Morgan fingerprint density at radius 2 is 1.79 bits per heavy atom. The van der Waals surface area contributed by atoms with Gasteiger partial charge in [-0.3, -0.25) is 10.2 Å². The lowest BCUT2D eigenvalue weighted by Gasteiger charge is -2.32. The zero-order valence-corrected chi connectivity index (χ0v) is 28.7. The smallest absolute Gasteiger partial charge is 0.408 e. The Kier molecular flexibility index (Phi) is 11.5. The number of fused-ring (bicyclic) bond motifs is 1. The van der Waals surface area contributed by atoms with Crippen molar-refractivity contribution in [3.8, 4) is 22.8 Å². The van der Waals surface area contributed by atoms with Crippen LogP contribution < -0.4 is 20.1 Å². The molecule has 0 bridgehead atoms. The van der Waals surface area contributed by atoms with Gasteiger partial charge in [-0.2, -0.15) is 0 Å². The molecular formula is C36H47N5O7. The second-order valence-electron chi connectivity index (χ2n) is 13.3. The molecule has 3 aromatic rings. The summed E-state index contributed by atoms with van der Waals surface area (Å²) in [5, 5.41) is 25.0. The highest BCUT2D eigenvalue weighted by Crippen LogP contribution is 2.35. The van der Waals surface area contributed by atoms with Crippen LogP contribution in [0.2, 0.25) is 0 Å². The van der Waals surface area contributed by atoms with Gasteiger partial charge in [-0.15, -0.1) is 0 Å². The van der Waals surface area contributed by atoms with Crippen molar-refractivity contribution in [1.82, 2.24) is 20.5 Å². The number of nitrogens with zero attached hydrogens (tertiary/aromatic N) is 2. The van der Waals surface area contributed by atoms with Crippen LogP contribution in [0.25, 0.3) is 22.2 Å². The van der Waals surface area contributed by atoms with Crippen LogP contribution in [0.3, 0.4) is 0 Å². The number of hydrogen-bond donors (Lipinski definition) is 4. The number of carboxylic acid groups (broad SMARTS) is 1. The molecule has 12 nitrogen and oxygen atoms in total. The molecule has 1 aromatic heterocycles. The summed E-state index contributed by atoms with van der Waals surface area (Å²) >= 11 is 0. The number of rotatable bonds is 12. The first-order chi connectivity index (χ1) is 22.7. The Bertz CT molecular complexity index is 1620. The molecule has 1 unspecified atom stereocenters. The van der Waals surface area contributed by atoms with E-state index in [-0.39, 0.29) is 24.7 Å². The number of likely N-dealkylation sites (tertiary alicyclic amines) is 1. The molecule has 1 saturated heterocycles. The number of aliphatic carboxylic acids is 1. The number of amides is 2. The van der Waals surface area contributed by atoms with Crippen LogP contribution in [0.15, 0.2) is 54.6 Å². The topological polar surface area (TPSA) is 163 Å². The number of carbonyl (C=O) groups excluding carboxylic acids is 2. The van der Waals surface area contributed by atoms with Crippen molar-refractivity contribution in [1.29, 1.82) is 5.41 Å². The molecule has 12 heteroatoms. The van der Waals surface area contributed by atoms with Crippen molar-refractivity contribution in [2.45, 2.75) is 90.6 Å². The van der Waals surface area contributed by atoms with Crippen LogP contribution in [0, 0.1) is 11.3 Å². The number of nitrogens with one attached hydrogen (secondary N) is 3. The monoisotopic (exact) mass is 661 g/mol. The number of ether oxygens (including phenoxy) is 3. The maximum Gasteiger partial charge on any atom is 0.408 e. The molecule has 4 atom stereocenters. The van der Waals surface area contributed by atoms with Crippen LogP contribution in [-0.2, 0) is 14.3 Å². The molecule has 4 rings (SSSR count). The summed E-state index contributed by atoms with van der Waals surface area (Å²) in [6, 6.07) is 14.3. The number of benzene rings is 2. The van der Waals surface area contributed by atoms with Crippen molar-refractivity contribution < 1.29 is 33.7 Å². The van der Waals surface area contributed by atoms with Crippen LogP contribution in [0.5, 0.6) is 11.5 Å². The summed E-state index contributed by atoms with van der Waals surface area (Å²) in [4.78, 5) is 45.3. The van der Waals surface area contributed by atoms with Crippen molar-refractivity contribution in [2.24, 2.45) is 5.92 Å². The largest absolute Gasteiger partial charge is 0.497 e. The Hall–Kier alpha value is -4.87. The first-order valence-corrected chi connectivity index (χ1v) is 16.3. The van der Waals surface area contributed by atoms with E-state index in [1.54, 1.807) is 27.9 Å². The second-order valence-corrected chi connectivity index (χ2v) is 13.3. The molecule has 4 N–H and O–H groups in total. The molecule has 1 aliphatic heterocycles. The van der Waals surface area contributed by atoms with Crippen LogP contribution in [0.1, 0.15) is 60.8 Å². The predicted octanol–water partition coefficient (Wildman–Crippen LogP) is 5.63. The fourth-order valence-corrected chi connectivity index (χ4v) is 5.69. The first kappa shape index (κ1) is 36.0. The number of amidine groups is 1. The van der Waals surface area contributed by atoms with Gasteiger partial charge in [-0.1, -0.05) is 57.5 Å². The molecule has 0 radical (unpaired) electrons. The molecule has 2 amide bonds. The van der Waals surface area contributed by atoms with Crippen molar-refractivity contribution in [3.63, 3.8) is 0 Å². The fourth-order valence-electron chi connectivity index (χ4n) is 5.69. The lowest BCUT2D eigenvalue weighted by atomic mass is 10.0. The van der Waals surface area contributed by atoms with E-state index in [4.69, 9.17) is 24.6 Å². The zero-order chi connectivity index (χ0) is 35.2. The molecule has 1 aliphatic rings. The van der Waals surface area contributed by atoms with E-state index in [2.05, 4.69) is 10.6 Å². The normalized spacial score (nSPS) is 17.5. The minimum Gasteiger partial charge on any atom is -0.497 e. The van der Waals surface area contributed by atoms with E-state index in [0.29, 0.717) is 35.6 Å². The fraction of sp³-hybridized carbons (Fsp3) is 0.472. The standard InChI is InChI=1S/C36H47N5O7/c1-8-12-26(34(43)44)39-32(37)29-18-24(20-41(29)33(42)31(21(2)3)40-35(45)48-36(4,5)6)47-30-19-27(22-13-10-9-11-14-22)38-28-17-23(46-7)15-16-25(28)30/h9-11,13-17,19,21,24,26,29,31H,8,12,18,20H2,1-7H3,(H2,37,39)(H,40,45)(H,43,44)/t24-,26+,29+,31?/m1/s1. The SMILES string of the molecule is CCC[C@H](NC(=N)[C@@H]1C[C@@H](Oc2cc(-c3ccccc3)nc3cc(OC)ccc23)CN1C(=O)C(NC(=O)OC(C)(C)C)C(C)C)C(=O)O. The quantitative estimate of drug-likeness (QED) is 0.142. The summed E-state index contributed by atoms with van der Waals surface area (Å²) < 4.78 is 17.5. The van der Waals surface area contributed by atoms with E-state index < -0.39 is 47.8 Å². The third-order valence-electron chi connectivity index (χ3n) is 8.03. The Labute approximate surface area is 281 Å². The number of carbonyl (C=O) groups is 3. The highest BCUT2D eigenvalue weighted by atomic mass is 16.6. The minimum absolute atomic E-state index is 0.0962. The third-order valence-corrected chi connectivity index (χ3v) is 8.03. The predicted molar refractivity (Wildman–Crippen MR) is 183 cm³/mol. The van der Waals surface area contributed by atoms with Gasteiger partial charge in [0.25, 0.3) is 0 Å². The molecule has 258 valence electrons. The number of alkyl carbamates (subject to hydrolysis) is 1. The van der Waals surface area contributed by atoms with E-state index in [1.807, 2.05) is 75.4 Å². The molecule has 48 heavy (non-hydrogen) atoms. The van der Waals surface area contributed by atoms with Gasteiger partial charge < -0.3 is 34.9 Å². The Morgan fingerprint density at radius 1 is 1.08 bits per heavy atom. The van der Waals surface area contributed by atoms with Crippen LogP contribution in [-0.4, -0.2) is 82.3 Å². The Morgan fingerprint density at radius 3 is 2.40 bits per heavy atom. The van der Waals surface area contributed by atoms with Crippen molar-refractivity contribution >= 4 is 34.7 Å². The summed E-state index contributed by atoms with van der Waals surface area (Å²) in [5.74, 6) is -0.739. The van der Waals surface area contributed by atoms with Gasteiger partial charge in [-0.05, 0) is 45.2 Å². The second kappa shape index (κ2) is 15.4. The van der Waals surface area contributed by atoms with Crippen molar-refractivity contribution in [3.05, 3.63) is 54.6 Å². The number of aromatic nitrogens is 1. The summed E-state index contributed by atoms with van der Waals surface area (Å²) in [6.45, 7) is 10.8. The lowest BCUT2D eigenvalue weighted by Crippen LogP contribution is -2.56. The van der Waals surface area contributed by atoms with Gasteiger partial charge in [0.1, 0.15) is 41.1 Å². The molecule has 0 spiro atoms. The zero-order valence-electron chi connectivity index (χ0n) is 28.7. The van der Waals surface area contributed by atoms with Gasteiger partial charge >= 0.3 is 12.1 Å². The maximum atomic E-state index is 14.2. The van der Waals surface area contributed by atoms with Crippen LogP contribution >= 0.6 is 0 Å². The molecule has 2 heterocycles. The number of carboxylic acids is 1. The number of hydrogen-bond acceptors (Lipinski definition) is 8. The average molecular weight is 662 g/mol. The van der Waals surface area contributed by atoms with Crippen molar-refractivity contribution in [2.75, 3.05) is 13.7 Å². The van der Waals surface area contributed by atoms with E-state index in [9.17, 15) is 19.5 Å². The maximum absolute atomic E-state index is 14.2. The molecular weight excluding hydrogens is 614 g/mol. The number of pyridine rings is 1. The molecule has 0 saturated carbocycles. The van der Waals surface area contributed by atoms with Crippen LogP contribution in [0.4, 0.5) is 4.79 Å². The summed E-state index contributed by atoms with van der Waals surface area (Å²) in [7, 11) is 1.59. The van der Waals surface area contributed by atoms with Gasteiger partial charge in [0, 0.05) is 29.5 Å². The highest BCUT2D eigenvalue weighted by Gasteiger charge is 2.43. The van der Waals surface area contributed by atoms with E-state index in [0.717, 1.165) is 10.9 Å². The molecule has 0 aliphatic carbocycles. The third kappa shape index (κ3) is 8.93. The Balaban J connectivity index is 1.70. The lowest BCUT2D eigenvalue weighted by molar-refractivity contribution is -0.139. The highest BCUT2D eigenvalue weighted by molar-refractivity contribution is 5.95. The summed E-state index contributed by atoms with van der Waals surface area (Å²) in [6.07, 6.45) is -0.182. The van der Waals surface area contributed by atoms with Gasteiger partial charge in [-0.25, -0.2) is 14.6 Å². The number of methoxy groups -OCH3 is 1. The average Bonchev–Trinajstić information content (AvgIpc) is 3.46. The van der Waals surface area contributed by atoms with E-state index in [1.165, 1.54) is 4.90 Å². The van der Waals surface area contributed by atoms with E-state index >= 15 is 0 Å². The minimum atomic E-state index is -1.08.